The highest BCUT2D eigenvalue weighted by Gasteiger charge is 2.22. The van der Waals surface area contributed by atoms with Crippen molar-refractivity contribution in [2.45, 2.75) is 6.10 Å². The highest BCUT2D eigenvalue weighted by Crippen LogP contribution is 2.36. The van der Waals surface area contributed by atoms with Crippen LogP contribution in [0.1, 0.15) is 28.4 Å². The molecule has 2 aromatic rings. The van der Waals surface area contributed by atoms with Crippen LogP contribution in [0.25, 0.3) is 11.8 Å². The molecule has 0 fully saturated rings. The minimum atomic E-state index is -0.610. The van der Waals surface area contributed by atoms with Crippen molar-refractivity contribution >= 4 is 11.8 Å². The lowest BCUT2D eigenvalue weighted by Gasteiger charge is -2.14. The lowest BCUT2D eigenvalue weighted by Crippen LogP contribution is -2.02. The topological polar surface area (TPSA) is 29.5 Å². The molecular weight excluding hydrogens is 224 g/mol. The summed E-state index contributed by atoms with van der Waals surface area (Å²) >= 11 is 0. The van der Waals surface area contributed by atoms with Gasteiger partial charge in [0.2, 0.25) is 0 Å². The summed E-state index contributed by atoms with van der Waals surface area (Å²) in [5.74, 6) is 0.787. The molecule has 0 saturated heterocycles. The van der Waals surface area contributed by atoms with Crippen LogP contribution in [0.5, 0.6) is 0 Å². The molecule has 0 bridgehead atoms. The molecule has 1 aliphatic carbocycles. The Hall–Kier alpha value is -2.06. The third-order valence-corrected chi connectivity index (χ3v) is 3.32. The van der Waals surface area contributed by atoms with Crippen molar-refractivity contribution in [1.82, 2.24) is 0 Å². The standard InChI is InChI=1S/C16H14O2/c1-18-15-10-11-6-2-3-7-12(11)16(17)14-9-5-4-8-13(14)15/h2-10,16-17H,1H3. The van der Waals surface area contributed by atoms with E-state index in [1.165, 1.54) is 0 Å². The molecule has 90 valence electrons. The molecule has 0 heterocycles. The maximum Gasteiger partial charge on any atom is 0.127 e. The molecule has 2 nitrogen and oxygen atoms in total. The zero-order chi connectivity index (χ0) is 12.5. The maximum absolute atomic E-state index is 10.5. The van der Waals surface area contributed by atoms with Crippen LogP contribution in [0, 0.1) is 0 Å². The Morgan fingerprint density at radius 3 is 2.39 bits per heavy atom. The molecule has 3 rings (SSSR count). The Labute approximate surface area is 106 Å². The number of aliphatic hydroxyl groups excluding tert-OH is 1. The van der Waals surface area contributed by atoms with Crippen LogP contribution in [0.4, 0.5) is 0 Å². The van der Waals surface area contributed by atoms with E-state index in [0.717, 1.165) is 28.0 Å². The number of hydrogen-bond acceptors (Lipinski definition) is 2. The first-order valence-corrected chi connectivity index (χ1v) is 5.93. The van der Waals surface area contributed by atoms with Gasteiger partial charge in [-0.15, -0.1) is 0 Å². The van der Waals surface area contributed by atoms with E-state index in [0.29, 0.717) is 0 Å². The van der Waals surface area contributed by atoms with E-state index in [9.17, 15) is 5.11 Å². The molecule has 18 heavy (non-hydrogen) atoms. The third-order valence-electron chi connectivity index (χ3n) is 3.32. The number of rotatable bonds is 1. The van der Waals surface area contributed by atoms with E-state index in [1.54, 1.807) is 7.11 Å². The van der Waals surface area contributed by atoms with E-state index >= 15 is 0 Å². The second-order valence-corrected chi connectivity index (χ2v) is 4.33. The normalized spacial score (nSPS) is 17.2. The number of benzene rings is 2. The summed E-state index contributed by atoms with van der Waals surface area (Å²) in [5, 5.41) is 10.5. The SMILES string of the molecule is COC1=Cc2ccccc2C(O)c2ccccc21. The van der Waals surface area contributed by atoms with Crippen LogP contribution in [0.3, 0.4) is 0 Å². The number of ether oxygens (including phenoxy) is 1. The monoisotopic (exact) mass is 238 g/mol. The molecule has 1 atom stereocenters. The fourth-order valence-corrected chi connectivity index (χ4v) is 2.41. The van der Waals surface area contributed by atoms with Crippen LogP contribution < -0.4 is 0 Å². The first-order chi connectivity index (χ1) is 8.81. The second-order valence-electron chi connectivity index (χ2n) is 4.33. The summed E-state index contributed by atoms with van der Waals surface area (Å²) in [4.78, 5) is 0. The molecule has 2 heteroatoms. The highest BCUT2D eigenvalue weighted by atomic mass is 16.5. The predicted molar refractivity (Wildman–Crippen MR) is 71.8 cm³/mol. The molecule has 0 saturated carbocycles. The molecule has 0 spiro atoms. The average Bonchev–Trinajstić information content (AvgIpc) is 2.55. The van der Waals surface area contributed by atoms with E-state index in [1.807, 2.05) is 54.6 Å². The molecular formula is C16H14O2. The zero-order valence-corrected chi connectivity index (χ0v) is 10.1. The van der Waals surface area contributed by atoms with Gasteiger partial charge < -0.3 is 9.84 Å². The predicted octanol–water partition coefficient (Wildman–Crippen LogP) is 3.23. The van der Waals surface area contributed by atoms with E-state index in [-0.39, 0.29) is 0 Å². The number of fused-ring (bicyclic) bond motifs is 2. The van der Waals surface area contributed by atoms with Crippen molar-refractivity contribution in [3.05, 3.63) is 70.8 Å². The summed E-state index contributed by atoms with van der Waals surface area (Å²) in [6.07, 6.45) is 1.37. The van der Waals surface area contributed by atoms with Crippen molar-refractivity contribution < 1.29 is 9.84 Å². The molecule has 1 N–H and O–H groups in total. The molecule has 0 radical (unpaired) electrons. The fourth-order valence-electron chi connectivity index (χ4n) is 2.41. The van der Waals surface area contributed by atoms with Crippen LogP contribution >= 0.6 is 0 Å². The summed E-state index contributed by atoms with van der Waals surface area (Å²) in [5.41, 5.74) is 3.74. The summed E-state index contributed by atoms with van der Waals surface area (Å²) < 4.78 is 5.45. The minimum Gasteiger partial charge on any atom is -0.496 e. The maximum atomic E-state index is 10.5. The van der Waals surface area contributed by atoms with Gasteiger partial charge in [0, 0.05) is 5.56 Å². The Bertz CT molecular complexity index is 614. The molecule has 0 aromatic heterocycles. The molecule has 0 aliphatic heterocycles. The third kappa shape index (κ3) is 1.62. The largest absolute Gasteiger partial charge is 0.496 e. The van der Waals surface area contributed by atoms with Gasteiger partial charge in [-0.3, -0.25) is 0 Å². The number of methoxy groups -OCH3 is 1. The first kappa shape index (κ1) is 11.1. The van der Waals surface area contributed by atoms with Crippen LogP contribution in [-0.2, 0) is 4.74 Å². The quantitative estimate of drug-likeness (QED) is 0.826. The second kappa shape index (κ2) is 4.31. The van der Waals surface area contributed by atoms with Crippen molar-refractivity contribution in [2.75, 3.05) is 7.11 Å². The van der Waals surface area contributed by atoms with Gasteiger partial charge in [-0.1, -0.05) is 48.5 Å². The van der Waals surface area contributed by atoms with E-state index in [4.69, 9.17) is 4.74 Å². The summed E-state index contributed by atoms with van der Waals surface area (Å²) in [7, 11) is 1.66. The van der Waals surface area contributed by atoms with Gasteiger partial charge in [0.05, 0.1) is 7.11 Å². The Kier molecular flexibility index (Phi) is 2.65. The molecule has 0 amide bonds. The van der Waals surface area contributed by atoms with E-state index < -0.39 is 6.10 Å². The molecule has 1 aliphatic rings. The van der Waals surface area contributed by atoms with Gasteiger partial charge in [-0.05, 0) is 22.8 Å². The van der Waals surface area contributed by atoms with Crippen LogP contribution in [0.15, 0.2) is 48.5 Å². The fraction of sp³-hybridized carbons (Fsp3) is 0.125. The van der Waals surface area contributed by atoms with Crippen molar-refractivity contribution in [1.29, 1.82) is 0 Å². The van der Waals surface area contributed by atoms with Crippen LogP contribution in [0.2, 0.25) is 0 Å². The Morgan fingerprint density at radius 2 is 1.61 bits per heavy atom. The average molecular weight is 238 g/mol. The van der Waals surface area contributed by atoms with E-state index in [2.05, 4.69) is 0 Å². The zero-order valence-electron chi connectivity index (χ0n) is 10.1. The van der Waals surface area contributed by atoms with Crippen molar-refractivity contribution in [3.63, 3.8) is 0 Å². The minimum absolute atomic E-state index is 0.610. The van der Waals surface area contributed by atoms with Crippen LogP contribution in [-0.4, -0.2) is 12.2 Å². The molecule has 2 aromatic carbocycles. The van der Waals surface area contributed by atoms with Gasteiger partial charge in [0.15, 0.2) is 0 Å². The number of hydrogen-bond donors (Lipinski definition) is 1. The highest BCUT2D eigenvalue weighted by molar-refractivity contribution is 5.82. The van der Waals surface area contributed by atoms with Gasteiger partial charge in [-0.2, -0.15) is 0 Å². The lowest BCUT2D eigenvalue weighted by atomic mass is 9.97. The smallest absolute Gasteiger partial charge is 0.127 e. The van der Waals surface area contributed by atoms with Gasteiger partial charge >= 0.3 is 0 Å². The van der Waals surface area contributed by atoms with Crippen molar-refractivity contribution in [3.8, 4) is 0 Å². The van der Waals surface area contributed by atoms with Gasteiger partial charge in [-0.25, -0.2) is 0 Å². The summed E-state index contributed by atoms with van der Waals surface area (Å²) in [6.45, 7) is 0. The lowest BCUT2D eigenvalue weighted by molar-refractivity contribution is 0.219. The van der Waals surface area contributed by atoms with Gasteiger partial charge in [0.1, 0.15) is 11.9 Å². The Morgan fingerprint density at radius 1 is 0.944 bits per heavy atom. The Balaban J connectivity index is 2.31. The summed E-state index contributed by atoms with van der Waals surface area (Å²) in [6, 6.07) is 15.6. The number of aliphatic hydroxyl groups is 1. The van der Waals surface area contributed by atoms with Gasteiger partial charge in [0.25, 0.3) is 0 Å². The van der Waals surface area contributed by atoms with Crippen molar-refractivity contribution in [2.24, 2.45) is 0 Å². The molecule has 1 unspecified atom stereocenters. The first-order valence-electron chi connectivity index (χ1n) is 5.93.